The van der Waals surface area contributed by atoms with E-state index in [0.717, 1.165) is 45.7 Å². The van der Waals surface area contributed by atoms with Crippen LogP contribution in [0.4, 0.5) is 0 Å². The molecule has 4 aromatic rings. The van der Waals surface area contributed by atoms with Crippen molar-refractivity contribution >= 4 is 32.9 Å². The third-order valence-corrected chi connectivity index (χ3v) is 5.82. The number of aromatic nitrogens is 2. The van der Waals surface area contributed by atoms with Gasteiger partial charge < -0.3 is 19.4 Å². The Labute approximate surface area is 201 Å². The fraction of sp³-hybridized carbons (Fsp3) is 0.231. The Bertz CT molecular complexity index is 1220. The van der Waals surface area contributed by atoms with Crippen molar-refractivity contribution < 1.29 is 14.3 Å². The maximum absolute atomic E-state index is 12.4. The standard InChI is InChI=1S/C26H26BrN3O3/c1-32-21-11-13-22(14-12-21)33-17-16-30-24-9-3-2-8-23(24)29-25(30)10-5-15-28-26(31)19-6-4-7-20(27)18-19/h2-4,6-9,11-14,18H,5,10,15-17H2,1H3,(H,28,31). The number of nitrogens with zero attached hydrogens (tertiary/aromatic N) is 2. The molecule has 1 aromatic heterocycles. The van der Waals surface area contributed by atoms with Crippen molar-refractivity contribution in [3.05, 3.63) is 88.7 Å². The summed E-state index contributed by atoms with van der Waals surface area (Å²) in [5.41, 5.74) is 2.70. The van der Waals surface area contributed by atoms with Crippen LogP contribution in [0.5, 0.6) is 11.5 Å². The third kappa shape index (κ3) is 5.93. The van der Waals surface area contributed by atoms with Crippen molar-refractivity contribution in [3.8, 4) is 11.5 Å². The first kappa shape index (κ1) is 22.9. The molecule has 1 amide bonds. The van der Waals surface area contributed by atoms with E-state index in [1.54, 1.807) is 7.11 Å². The zero-order chi connectivity index (χ0) is 23.0. The van der Waals surface area contributed by atoms with E-state index in [1.165, 1.54) is 0 Å². The van der Waals surface area contributed by atoms with E-state index in [9.17, 15) is 4.79 Å². The summed E-state index contributed by atoms with van der Waals surface area (Å²) in [5, 5.41) is 2.99. The Hall–Kier alpha value is -3.32. The molecule has 0 radical (unpaired) electrons. The zero-order valence-electron chi connectivity index (χ0n) is 18.5. The predicted molar refractivity (Wildman–Crippen MR) is 133 cm³/mol. The van der Waals surface area contributed by atoms with Gasteiger partial charge in [-0.2, -0.15) is 0 Å². The van der Waals surface area contributed by atoms with Crippen molar-refractivity contribution in [2.75, 3.05) is 20.3 Å². The Morgan fingerprint density at radius 3 is 2.61 bits per heavy atom. The molecule has 1 N–H and O–H groups in total. The van der Waals surface area contributed by atoms with Gasteiger partial charge in [0.15, 0.2) is 0 Å². The molecule has 6 nitrogen and oxygen atoms in total. The highest BCUT2D eigenvalue weighted by molar-refractivity contribution is 9.10. The molecule has 0 spiro atoms. The summed E-state index contributed by atoms with van der Waals surface area (Å²) >= 11 is 3.40. The summed E-state index contributed by atoms with van der Waals surface area (Å²) in [6, 6.07) is 23.1. The lowest BCUT2D eigenvalue weighted by Gasteiger charge is -2.11. The van der Waals surface area contributed by atoms with Gasteiger partial charge in [-0.05, 0) is 61.0 Å². The Morgan fingerprint density at radius 1 is 1.03 bits per heavy atom. The van der Waals surface area contributed by atoms with Gasteiger partial charge in [0.25, 0.3) is 5.91 Å². The van der Waals surface area contributed by atoms with Crippen molar-refractivity contribution in [1.82, 2.24) is 14.9 Å². The summed E-state index contributed by atoms with van der Waals surface area (Å²) in [4.78, 5) is 17.2. The number of rotatable bonds is 10. The normalized spacial score (nSPS) is 10.8. The number of para-hydroxylation sites is 2. The minimum Gasteiger partial charge on any atom is -0.497 e. The van der Waals surface area contributed by atoms with Crippen LogP contribution in [0.15, 0.2) is 77.3 Å². The number of aryl methyl sites for hydroxylation is 1. The molecule has 4 rings (SSSR count). The number of ether oxygens (including phenoxy) is 2. The van der Waals surface area contributed by atoms with Gasteiger partial charge in [-0.25, -0.2) is 4.98 Å². The Morgan fingerprint density at radius 2 is 1.82 bits per heavy atom. The van der Waals surface area contributed by atoms with Crippen molar-refractivity contribution in [2.45, 2.75) is 19.4 Å². The van der Waals surface area contributed by atoms with Gasteiger partial charge in [0.2, 0.25) is 0 Å². The van der Waals surface area contributed by atoms with Crippen molar-refractivity contribution in [3.63, 3.8) is 0 Å². The van der Waals surface area contributed by atoms with Crippen molar-refractivity contribution in [2.24, 2.45) is 0 Å². The van der Waals surface area contributed by atoms with Crippen molar-refractivity contribution in [1.29, 1.82) is 0 Å². The van der Waals surface area contributed by atoms with Crippen LogP contribution >= 0.6 is 15.9 Å². The van der Waals surface area contributed by atoms with E-state index in [0.29, 0.717) is 25.3 Å². The molecule has 0 aliphatic carbocycles. The number of carbonyl (C=O) groups is 1. The van der Waals surface area contributed by atoms with Gasteiger partial charge in [-0.15, -0.1) is 0 Å². The van der Waals surface area contributed by atoms with E-state index in [2.05, 4.69) is 31.9 Å². The van der Waals surface area contributed by atoms with Crippen LogP contribution in [0.25, 0.3) is 11.0 Å². The molecule has 0 aliphatic heterocycles. The number of halogens is 1. The molecule has 0 atom stereocenters. The minimum absolute atomic E-state index is 0.0716. The summed E-state index contributed by atoms with van der Waals surface area (Å²) in [6.45, 7) is 1.79. The SMILES string of the molecule is COc1ccc(OCCn2c(CCCNC(=O)c3cccc(Br)c3)nc3ccccc32)cc1. The van der Waals surface area contributed by atoms with Gasteiger partial charge in [-0.1, -0.05) is 34.1 Å². The van der Waals surface area contributed by atoms with E-state index < -0.39 is 0 Å². The predicted octanol–water partition coefficient (Wildman–Crippen LogP) is 5.25. The number of amides is 1. The lowest BCUT2D eigenvalue weighted by Crippen LogP contribution is -2.25. The number of methoxy groups -OCH3 is 1. The summed E-state index contributed by atoms with van der Waals surface area (Å²) in [7, 11) is 1.65. The minimum atomic E-state index is -0.0716. The van der Waals surface area contributed by atoms with Gasteiger partial charge in [-0.3, -0.25) is 4.79 Å². The van der Waals surface area contributed by atoms with Crippen LogP contribution < -0.4 is 14.8 Å². The average Bonchev–Trinajstić information content (AvgIpc) is 3.19. The molecule has 0 unspecified atom stereocenters. The van der Waals surface area contributed by atoms with Gasteiger partial charge in [0.1, 0.15) is 23.9 Å². The van der Waals surface area contributed by atoms with E-state index in [4.69, 9.17) is 14.5 Å². The lowest BCUT2D eigenvalue weighted by molar-refractivity contribution is 0.0953. The first-order chi connectivity index (χ1) is 16.1. The van der Waals surface area contributed by atoms with E-state index in [1.807, 2.05) is 66.7 Å². The van der Waals surface area contributed by atoms with E-state index >= 15 is 0 Å². The smallest absolute Gasteiger partial charge is 0.251 e. The first-order valence-electron chi connectivity index (χ1n) is 10.9. The van der Waals surface area contributed by atoms with Crippen LogP contribution in [-0.4, -0.2) is 35.7 Å². The topological polar surface area (TPSA) is 65.4 Å². The molecule has 1 heterocycles. The van der Waals surface area contributed by atoms with Gasteiger partial charge in [0.05, 0.1) is 24.7 Å². The van der Waals surface area contributed by atoms with Crippen LogP contribution in [0, 0.1) is 0 Å². The molecule has 170 valence electrons. The molecule has 33 heavy (non-hydrogen) atoms. The molecule has 0 saturated carbocycles. The zero-order valence-corrected chi connectivity index (χ0v) is 20.0. The molecular formula is C26H26BrN3O3. The second-order valence-electron chi connectivity index (χ2n) is 7.56. The number of imidazole rings is 1. The summed E-state index contributed by atoms with van der Waals surface area (Å²) in [6.07, 6.45) is 1.55. The second kappa shape index (κ2) is 11.0. The van der Waals surface area contributed by atoms with Gasteiger partial charge in [0, 0.05) is 23.0 Å². The number of hydrogen-bond acceptors (Lipinski definition) is 4. The summed E-state index contributed by atoms with van der Waals surface area (Å²) < 4.78 is 14.2. The maximum Gasteiger partial charge on any atom is 0.251 e. The molecule has 0 saturated heterocycles. The van der Waals surface area contributed by atoms with Crippen LogP contribution in [-0.2, 0) is 13.0 Å². The maximum atomic E-state index is 12.4. The second-order valence-corrected chi connectivity index (χ2v) is 8.48. The largest absolute Gasteiger partial charge is 0.497 e. The molecule has 3 aromatic carbocycles. The molecule has 0 fully saturated rings. The number of benzene rings is 3. The number of carbonyl (C=O) groups excluding carboxylic acids is 1. The molecule has 7 heteroatoms. The van der Waals surface area contributed by atoms with Crippen LogP contribution in [0.2, 0.25) is 0 Å². The highest BCUT2D eigenvalue weighted by atomic mass is 79.9. The number of fused-ring (bicyclic) bond motifs is 1. The highest BCUT2D eigenvalue weighted by Gasteiger charge is 2.11. The lowest BCUT2D eigenvalue weighted by atomic mass is 10.2. The third-order valence-electron chi connectivity index (χ3n) is 5.33. The fourth-order valence-electron chi connectivity index (χ4n) is 3.67. The highest BCUT2D eigenvalue weighted by Crippen LogP contribution is 2.19. The fourth-order valence-corrected chi connectivity index (χ4v) is 4.07. The molecule has 0 aliphatic rings. The number of nitrogens with one attached hydrogen (secondary N) is 1. The average molecular weight is 508 g/mol. The van der Waals surface area contributed by atoms with Crippen LogP contribution in [0.1, 0.15) is 22.6 Å². The summed E-state index contributed by atoms with van der Waals surface area (Å²) in [5.74, 6) is 2.53. The Kier molecular flexibility index (Phi) is 7.62. The number of hydrogen-bond donors (Lipinski definition) is 1. The van der Waals surface area contributed by atoms with E-state index in [-0.39, 0.29) is 5.91 Å². The molecule has 0 bridgehead atoms. The quantitative estimate of drug-likeness (QED) is 0.297. The monoisotopic (exact) mass is 507 g/mol. The molecular weight excluding hydrogens is 482 g/mol. The first-order valence-corrected chi connectivity index (χ1v) is 11.7. The van der Waals surface area contributed by atoms with Crippen LogP contribution in [0.3, 0.4) is 0 Å². The van der Waals surface area contributed by atoms with Gasteiger partial charge >= 0.3 is 0 Å². The Balaban J connectivity index is 1.35.